The second kappa shape index (κ2) is 8.17. The molecule has 0 amide bonds. The molecule has 1 heterocycles. The maximum Gasteiger partial charge on any atom is 0.135 e. The first-order valence-electron chi connectivity index (χ1n) is 7.83. The first-order chi connectivity index (χ1) is 9.83. The summed E-state index contributed by atoms with van der Waals surface area (Å²) >= 11 is 0. The molecule has 0 radical (unpaired) electrons. The van der Waals surface area contributed by atoms with Crippen LogP contribution in [0.15, 0.2) is 0 Å². The highest BCUT2D eigenvalue weighted by Gasteiger charge is 2.16. The van der Waals surface area contributed by atoms with Gasteiger partial charge in [-0.2, -0.15) is 0 Å². The summed E-state index contributed by atoms with van der Waals surface area (Å²) in [5.74, 6) is 3.33. The lowest BCUT2D eigenvalue weighted by molar-refractivity contribution is 0.356. The fourth-order valence-electron chi connectivity index (χ4n) is 2.49. The Morgan fingerprint density at radius 2 is 1.71 bits per heavy atom. The Hall–Kier alpha value is -1.36. The van der Waals surface area contributed by atoms with Crippen LogP contribution in [0, 0.1) is 19.8 Å². The molecule has 2 N–H and O–H groups in total. The van der Waals surface area contributed by atoms with E-state index in [-0.39, 0.29) is 0 Å². The number of nitrogens with zero attached hydrogens (tertiary/aromatic N) is 3. The van der Waals surface area contributed by atoms with E-state index in [9.17, 15) is 0 Å². The van der Waals surface area contributed by atoms with Crippen molar-refractivity contribution in [2.24, 2.45) is 5.92 Å². The predicted molar refractivity (Wildman–Crippen MR) is 91.1 cm³/mol. The van der Waals surface area contributed by atoms with E-state index in [0.29, 0.717) is 12.0 Å². The lowest BCUT2D eigenvalue weighted by Gasteiger charge is -2.25. The molecule has 21 heavy (non-hydrogen) atoms. The van der Waals surface area contributed by atoms with E-state index in [4.69, 9.17) is 0 Å². The van der Waals surface area contributed by atoms with Gasteiger partial charge in [0.1, 0.15) is 17.5 Å². The van der Waals surface area contributed by atoms with Crippen LogP contribution in [-0.4, -0.2) is 48.1 Å². The first-order valence-corrected chi connectivity index (χ1v) is 7.83. The van der Waals surface area contributed by atoms with E-state index in [0.717, 1.165) is 42.5 Å². The summed E-state index contributed by atoms with van der Waals surface area (Å²) in [4.78, 5) is 11.3. The van der Waals surface area contributed by atoms with Gasteiger partial charge in [-0.3, -0.25) is 0 Å². The molecule has 1 aromatic rings. The zero-order valence-corrected chi connectivity index (χ0v) is 14.6. The highest BCUT2D eigenvalue weighted by atomic mass is 15.1. The maximum atomic E-state index is 4.59. The van der Waals surface area contributed by atoms with E-state index in [1.165, 1.54) is 0 Å². The Balaban J connectivity index is 2.96. The summed E-state index contributed by atoms with van der Waals surface area (Å²) in [7, 11) is 4.22. The summed E-state index contributed by atoms with van der Waals surface area (Å²) in [5, 5.41) is 6.93. The first kappa shape index (κ1) is 17.7. The van der Waals surface area contributed by atoms with Crippen molar-refractivity contribution in [2.45, 2.75) is 47.1 Å². The van der Waals surface area contributed by atoms with Crippen molar-refractivity contribution >= 4 is 11.6 Å². The second-order valence-electron chi connectivity index (χ2n) is 6.36. The van der Waals surface area contributed by atoms with Gasteiger partial charge >= 0.3 is 0 Å². The molecule has 5 heteroatoms. The third-order valence-electron chi connectivity index (χ3n) is 3.28. The molecule has 1 aromatic heterocycles. The van der Waals surface area contributed by atoms with Gasteiger partial charge in [0.25, 0.3) is 0 Å². The molecule has 1 rings (SSSR count). The number of hydrogen-bond acceptors (Lipinski definition) is 5. The predicted octanol–water partition coefficient (Wildman–Crippen LogP) is 2.91. The number of rotatable bonds is 8. The summed E-state index contributed by atoms with van der Waals surface area (Å²) in [5.41, 5.74) is 1.09. The number of aryl methyl sites for hydroxylation is 1. The van der Waals surface area contributed by atoms with E-state index < -0.39 is 0 Å². The van der Waals surface area contributed by atoms with Crippen LogP contribution in [0.4, 0.5) is 11.6 Å². The van der Waals surface area contributed by atoms with Crippen molar-refractivity contribution in [1.82, 2.24) is 14.9 Å². The van der Waals surface area contributed by atoms with E-state index in [1.54, 1.807) is 0 Å². The van der Waals surface area contributed by atoms with Crippen LogP contribution in [0.3, 0.4) is 0 Å². The van der Waals surface area contributed by atoms with Crippen LogP contribution >= 0.6 is 0 Å². The average Bonchev–Trinajstić information content (AvgIpc) is 2.33. The van der Waals surface area contributed by atoms with Crippen molar-refractivity contribution < 1.29 is 0 Å². The van der Waals surface area contributed by atoms with Gasteiger partial charge in [0.05, 0.1) is 0 Å². The van der Waals surface area contributed by atoms with Gasteiger partial charge in [0, 0.05) is 24.7 Å². The molecular formula is C16H31N5. The molecule has 120 valence electrons. The normalized spacial score (nSPS) is 12.8. The molecule has 0 aromatic carbocycles. The van der Waals surface area contributed by atoms with Crippen LogP contribution in [0.25, 0.3) is 0 Å². The van der Waals surface area contributed by atoms with Crippen molar-refractivity contribution in [3.63, 3.8) is 0 Å². The average molecular weight is 293 g/mol. The molecule has 0 spiro atoms. The van der Waals surface area contributed by atoms with Gasteiger partial charge < -0.3 is 15.5 Å². The Kier molecular flexibility index (Phi) is 6.89. The van der Waals surface area contributed by atoms with Crippen molar-refractivity contribution in [3.05, 3.63) is 11.4 Å². The number of nitrogens with one attached hydrogen (secondary N) is 2. The number of anilines is 2. The fourth-order valence-corrected chi connectivity index (χ4v) is 2.49. The van der Waals surface area contributed by atoms with Crippen LogP contribution in [0.5, 0.6) is 0 Å². The van der Waals surface area contributed by atoms with Gasteiger partial charge in [-0.05, 0) is 47.2 Å². The maximum absolute atomic E-state index is 4.59. The zero-order chi connectivity index (χ0) is 16.0. The van der Waals surface area contributed by atoms with Crippen molar-refractivity contribution in [3.8, 4) is 0 Å². The highest BCUT2D eigenvalue weighted by Crippen LogP contribution is 2.21. The summed E-state index contributed by atoms with van der Waals surface area (Å²) in [6, 6.07) is 0.391. The van der Waals surface area contributed by atoms with Gasteiger partial charge in [-0.1, -0.05) is 13.8 Å². The Labute approximate surface area is 129 Å². The van der Waals surface area contributed by atoms with Gasteiger partial charge in [0.2, 0.25) is 0 Å². The molecule has 0 fully saturated rings. The molecule has 0 aliphatic carbocycles. The highest BCUT2D eigenvalue weighted by molar-refractivity contribution is 5.57. The summed E-state index contributed by atoms with van der Waals surface area (Å²) < 4.78 is 0. The minimum Gasteiger partial charge on any atom is -0.370 e. The number of aromatic nitrogens is 2. The number of likely N-dealkylation sites (N-methyl/N-ethyl adjacent to an activating group) is 1. The largest absolute Gasteiger partial charge is 0.370 e. The van der Waals surface area contributed by atoms with Crippen LogP contribution in [0.1, 0.15) is 38.6 Å². The molecule has 1 atom stereocenters. The van der Waals surface area contributed by atoms with Crippen molar-refractivity contribution in [1.29, 1.82) is 0 Å². The van der Waals surface area contributed by atoms with E-state index in [2.05, 4.69) is 67.3 Å². The third kappa shape index (κ3) is 5.87. The molecule has 0 saturated heterocycles. The second-order valence-corrected chi connectivity index (χ2v) is 6.36. The van der Waals surface area contributed by atoms with Gasteiger partial charge in [0.15, 0.2) is 0 Å². The smallest absolute Gasteiger partial charge is 0.135 e. The van der Waals surface area contributed by atoms with Crippen LogP contribution < -0.4 is 10.6 Å². The van der Waals surface area contributed by atoms with Crippen LogP contribution in [-0.2, 0) is 0 Å². The lowest BCUT2D eigenvalue weighted by atomic mass is 10.0. The number of hydrogen-bond donors (Lipinski definition) is 2. The third-order valence-corrected chi connectivity index (χ3v) is 3.28. The van der Waals surface area contributed by atoms with E-state index >= 15 is 0 Å². The molecule has 0 bridgehead atoms. The monoisotopic (exact) mass is 293 g/mol. The Morgan fingerprint density at radius 3 is 2.24 bits per heavy atom. The lowest BCUT2D eigenvalue weighted by Crippen LogP contribution is -2.34. The fraction of sp³-hybridized carbons (Fsp3) is 0.750. The summed E-state index contributed by atoms with van der Waals surface area (Å²) in [6.45, 7) is 12.5. The summed E-state index contributed by atoms with van der Waals surface area (Å²) in [6.07, 6.45) is 1.12. The topological polar surface area (TPSA) is 53.1 Å². The Morgan fingerprint density at radius 1 is 1.10 bits per heavy atom. The Bertz CT molecular complexity index is 433. The van der Waals surface area contributed by atoms with Gasteiger partial charge in [-0.15, -0.1) is 0 Å². The molecule has 0 saturated carbocycles. The SMILES string of the molecule is CCNc1nc(C)nc(NC(CC(C)C)CN(C)C)c1C. The van der Waals surface area contributed by atoms with Crippen LogP contribution in [0.2, 0.25) is 0 Å². The minimum absolute atomic E-state index is 0.391. The molecule has 0 aliphatic rings. The van der Waals surface area contributed by atoms with Gasteiger partial charge in [-0.25, -0.2) is 9.97 Å². The zero-order valence-electron chi connectivity index (χ0n) is 14.6. The minimum atomic E-state index is 0.391. The molecular weight excluding hydrogens is 262 g/mol. The standard InChI is InChI=1S/C16H31N5/c1-8-17-15-12(4)16(19-13(5)18-15)20-14(9-11(2)3)10-21(6)7/h11,14H,8-10H2,1-7H3,(H2,17,18,19,20). The quantitative estimate of drug-likeness (QED) is 0.772. The molecule has 0 aliphatic heterocycles. The van der Waals surface area contributed by atoms with E-state index in [1.807, 2.05) is 6.92 Å². The van der Waals surface area contributed by atoms with Crippen molar-refractivity contribution in [2.75, 3.05) is 37.8 Å². The molecule has 1 unspecified atom stereocenters. The molecule has 5 nitrogen and oxygen atoms in total.